The lowest BCUT2D eigenvalue weighted by molar-refractivity contribution is -0.137. The lowest BCUT2D eigenvalue weighted by Crippen LogP contribution is -2.22. The third-order valence-corrected chi connectivity index (χ3v) is 7.03. The third-order valence-electron chi connectivity index (χ3n) is 5.78. The van der Waals surface area contributed by atoms with Crippen LogP contribution < -0.4 is 9.62 Å². The van der Waals surface area contributed by atoms with Gasteiger partial charge in [-0.2, -0.15) is 21.6 Å². The minimum absolute atomic E-state index is 0.206. The van der Waals surface area contributed by atoms with Crippen molar-refractivity contribution in [2.75, 3.05) is 23.2 Å². The van der Waals surface area contributed by atoms with E-state index in [9.17, 15) is 21.6 Å². The van der Waals surface area contributed by atoms with Crippen molar-refractivity contribution < 1.29 is 21.6 Å². The number of hydrogen-bond acceptors (Lipinski definition) is 5. The van der Waals surface area contributed by atoms with E-state index in [1.165, 1.54) is 6.07 Å². The van der Waals surface area contributed by atoms with Gasteiger partial charge in [-0.15, -0.1) is 0 Å². The Morgan fingerprint density at radius 1 is 0.912 bits per heavy atom. The summed E-state index contributed by atoms with van der Waals surface area (Å²) in [7, 11) is -2.32. The Morgan fingerprint density at radius 2 is 1.68 bits per heavy atom. The van der Waals surface area contributed by atoms with Gasteiger partial charge < -0.3 is 4.90 Å². The van der Waals surface area contributed by atoms with E-state index in [-0.39, 0.29) is 16.5 Å². The molecule has 3 heterocycles. The number of hydrogen-bond donors (Lipinski definition) is 1. The highest BCUT2D eigenvalue weighted by Crippen LogP contribution is 2.38. The fourth-order valence-corrected chi connectivity index (χ4v) is 4.97. The molecule has 0 saturated heterocycles. The number of alkyl halides is 3. The van der Waals surface area contributed by atoms with E-state index in [1.807, 2.05) is 11.9 Å². The van der Waals surface area contributed by atoms with E-state index in [0.717, 1.165) is 43.4 Å². The van der Waals surface area contributed by atoms with Gasteiger partial charge >= 0.3 is 6.18 Å². The average Bonchev–Trinajstić information content (AvgIpc) is 2.80. The molecule has 1 aliphatic heterocycles. The van der Waals surface area contributed by atoms with Gasteiger partial charge in [-0.3, -0.25) is 4.72 Å². The number of rotatable bonds is 0. The van der Waals surface area contributed by atoms with Gasteiger partial charge in [-0.1, -0.05) is 43.2 Å². The molecule has 0 atom stereocenters. The Balaban J connectivity index is 1.84. The number of pyridine rings is 2. The molecule has 0 amide bonds. The zero-order valence-corrected chi connectivity index (χ0v) is 19.5. The van der Waals surface area contributed by atoms with Gasteiger partial charge in [-0.05, 0) is 49.1 Å². The number of anilines is 2. The lowest BCUT2D eigenvalue weighted by atomic mass is 9.96. The van der Waals surface area contributed by atoms with Crippen LogP contribution in [0.25, 0.3) is 11.3 Å². The van der Waals surface area contributed by atoms with Gasteiger partial charge in [0.1, 0.15) is 11.6 Å². The van der Waals surface area contributed by atoms with Gasteiger partial charge in [0.25, 0.3) is 10.0 Å². The highest BCUT2D eigenvalue weighted by molar-refractivity contribution is 7.92. The fourth-order valence-electron chi connectivity index (χ4n) is 4.01. The van der Waals surface area contributed by atoms with Crippen LogP contribution in [0.3, 0.4) is 0 Å². The molecule has 1 N–H and O–H groups in total. The van der Waals surface area contributed by atoms with Crippen molar-refractivity contribution in [3.05, 3.63) is 65.7 Å². The Labute approximate surface area is 196 Å². The molecule has 6 nitrogen and oxygen atoms in total. The number of nitrogens with zero attached hydrogens (tertiary/aromatic N) is 3. The highest BCUT2D eigenvalue weighted by atomic mass is 32.2. The number of nitrogens with one attached hydrogen (secondary N) is 1. The molecule has 3 aromatic rings. The van der Waals surface area contributed by atoms with Crippen LogP contribution in [0.2, 0.25) is 0 Å². The van der Waals surface area contributed by atoms with Crippen LogP contribution in [0.5, 0.6) is 0 Å². The van der Waals surface area contributed by atoms with Crippen molar-refractivity contribution in [2.45, 2.75) is 43.3 Å². The monoisotopic (exact) mass is 490 g/mol. The number of aromatic nitrogens is 2. The molecular weight excluding hydrogens is 465 g/mol. The highest BCUT2D eigenvalue weighted by Gasteiger charge is 2.35. The molecule has 2 aromatic heterocycles. The second-order valence-electron chi connectivity index (χ2n) is 8.27. The molecule has 180 valence electrons. The van der Waals surface area contributed by atoms with Crippen LogP contribution in [0.15, 0.2) is 59.6 Å². The second-order valence-corrected chi connectivity index (χ2v) is 9.90. The SMILES string of the molecule is CN1CCCCCCc2ccccc2-c2nc(ccc2C(F)(F)F)NS(=O)(=O)c2cccc1n2. The predicted octanol–water partition coefficient (Wildman–Crippen LogP) is 5.52. The Hall–Kier alpha value is -3.14. The molecule has 10 heteroatoms. The first-order chi connectivity index (χ1) is 16.1. The minimum atomic E-state index is -4.65. The molecule has 34 heavy (non-hydrogen) atoms. The number of benzene rings is 1. The molecule has 4 bridgehead atoms. The first kappa shape index (κ1) is 24.0. The van der Waals surface area contributed by atoms with Crippen LogP contribution in [0, 0.1) is 0 Å². The smallest absolute Gasteiger partial charge is 0.360 e. The Bertz CT molecular complexity index is 1280. The Kier molecular flexibility index (Phi) is 6.79. The van der Waals surface area contributed by atoms with E-state index in [1.54, 1.807) is 36.4 Å². The molecule has 1 aliphatic rings. The summed E-state index contributed by atoms with van der Waals surface area (Å²) < 4.78 is 69.8. The first-order valence-corrected chi connectivity index (χ1v) is 12.5. The van der Waals surface area contributed by atoms with Gasteiger partial charge in [0.05, 0.1) is 11.3 Å². The van der Waals surface area contributed by atoms with Crippen LogP contribution in [-0.2, 0) is 22.6 Å². The van der Waals surface area contributed by atoms with Gasteiger partial charge in [0.15, 0.2) is 5.03 Å². The van der Waals surface area contributed by atoms with E-state index < -0.39 is 21.8 Å². The van der Waals surface area contributed by atoms with Gasteiger partial charge in [0.2, 0.25) is 0 Å². The third kappa shape index (κ3) is 5.32. The topological polar surface area (TPSA) is 75.2 Å². The summed E-state index contributed by atoms with van der Waals surface area (Å²) in [5.74, 6) is 0.295. The van der Waals surface area contributed by atoms with Crippen molar-refractivity contribution >= 4 is 21.7 Å². The zero-order valence-electron chi connectivity index (χ0n) is 18.6. The molecule has 0 radical (unpaired) electrons. The summed E-state index contributed by atoms with van der Waals surface area (Å²) in [6, 6.07) is 13.4. The molecule has 1 aromatic carbocycles. The summed E-state index contributed by atoms with van der Waals surface area (Å²) in [5, 5.41) is -0.232. The van der Waals surface area contributed by atoms with Crippen molar-refractivity contribution in [3.63, 3.8) is 0 Å². The maximum atomic E-state index is 13.8. The molecule has 0 spiro atoms. The van der Waals surface area contributed by atoms with Crippen LogP contribution in [0.4, 0.5) is 24.8 Å². The van der Waals surface area contributed by atoms with Crippen molar-refractivity contribution in [3.8, 4) is 11.3 Å². The first-order valence-electron chi connectivity index (χ1n) is 11.0. The average molecular weight is 491 g/mol. The van der Waals surface area contributed by atoms with E-state index in [0.29, 0.717) is 24.3 Å². The number of halogens is 3. The number of fused-ring (bicyclic) bond motifs is 6. The van der Waals surface area contributed by atoms with E-state index in [4.69, 9.17) is 0 Å². The summed E-state index contributed by atoms with van der Waals surface area (Å²) >= 11 is 0. The predicted molar refractivity (Wildman–Crippen MR) is 125 cm³/mol. The Morgan fingerprint density at radius 3 is 2.47 bits per heavy atom. The molecule has 0 fully saturated rings. The minimum Gasteiger partial charge on any atom is -0.360 e. The maximum absolute atomic E-state index is 13.8. The van der Waals surface area contributed by atoms with Crippen molar-refractivity contribution in [1.82, 2.24) is 9.97 Å². The molecule has 0 unspecified atom stereocenters. The van der Waals surface area contributed by atoms with Crippen LogP contribution >= 0.6 is 0 Å². The van der Waals surface area contributed by atoms with E-state index >= 15 is 0 Å². The maximum Gasteiger partial charge on any atom is 0.418 e. The molecule has 4 rings (SSSR count). The fraction of sp³-hybridized carbons (Fsp3) is 0.333. The largest absolute Gasteiger partial charge is 0.418 e. The summed E-state index contributed by atoms with van der Waals surface area (Å²) in [4.78, 5) is 10.3. The van der Waals surface area contributed by atoms with Crippen LogP contribution in [0.1, 0.15) is 36.8 Å². The number of sulfonamides is 1. The summed E-state index contributed by atoms with van der Waals surface area (Å²) in [6.45, 7) is 0.706. The summed E-state index contributed by atoms with van der Waals surface area (Å²) in [6.07, 6.45) is -0.480. The summed E-state index contributed by atoms with van der Waals surface area (Å²) in [5.41, 5.74) is -0.119. The quantitative estimate of drug-likeness (QED) is 0.449. The molecule has 0 aliphatic carbocycles. The van der Waals surface area contributed by atoms with Crippen molar-refractivity contribution in [1.29, 1.82) is 0 Å². The second kappa shape index (κ2) is 9.61. The standard InChI is InChI=1S/C24H25F3N4O2S/c1-31-16-7-3-2-4-9-17-10-5-6-11-18(17)23-19(24(25,26)27)14-15-20(28-23)30-34(32,33)22-13-8-12-21(31)29-22/h5-6,8,10-15H,2-4,7,9,16H2,1H3,(H,28,30). The van der Waals surface area contributed by atoms with E-state index in [2.05, 4.69) is 14.7 Å². The van der Waals surface area contributed by atoms with Gasteiger partial charge in [0, 0.05) is 19.2 Å². The van der Waals surface area contributed by atoms with Gasteiger partial charge in [-0.25, -0.2) is 9.97 Å². The lowest BCUT2D eigenvalue weighted by Gasteiger charge is -2.19. The van der Waals surface area contributed by atoms with Crippen LogP contribution in [-0.4, -0.2) is 32.0 Å². The normalized spacial score (nSPS) is 16.8. The number of aryl methyl sites for hydroxylation is 1. The molecule has 0 saturated carbocycles. The zero-order chi connectivity index (χ0) is 24.3. The molecular formula is C24H25F3N4O2S. The van der Waals surface area contributed by atoms with Crippen molar-refractivity contribution in [2.24, 2.45) is 0 Å².